The van der Waals surface area contributed by atoms with Gasteiger partial charge in [0.05, 0.1) is 30.0 Å². The maximum atomic E-state index is 12.9. The van der Waals surface area contributed by atoms with Gasteiger partial charge in [0.1, 0.15) is 6.54 Å². The van der Waals surface area contributed by atoms with Crippen LogP contribution in [0.15, 0.2) is 77.8 Å². The molecule has 3 aromatic carbocycles. The molecule has 8 heteroatoms. The van der Waals surface area contributed by atoms with E-state index in [4.69, 9.17) is 9.47 Å². The average molecular weight is 475 g/mol. The van der Waals surface area contributed by atoms with Gasteiger partial charge in [-0.25, -0.2) is 4.79 Å². The van der Waals surface area contributed by atoms with Crippen LogP contribution < -0.4 is 4.80 Å². The van der Waals surface area contributed by atoms with Gasteiger partial charge < -0.3 is 14.0 Å². The van der Waals surface area contributed by atoms with E-state index in [1.807, 2.05) is 30.3 Å². The van der Waals surface area contributed by atoms with Crippen LogP contribution in [-0.2, 0) is 27.2 Å². The van der Waals surface area contributed by atoms with E-state index in [0.29, 0.717) is 26.1 Å². The van der Waals surface area contributed by atoms with Gasteiger partial charge >= 0.3 is 11.9 Å². The van der Waals surface area contributed by atoms with E-state index in [2.05, 4.69) is 17.1 Å². The standard InChI is InChI=1S/C26H22N2O5S/c1-32-23(29)16-28-21-13-12-20(25(31)33-2)15-22(21)34-26(28)27-24(30)19-10-8-18(9-11-19)14-17-6-4-3-5-7-17/h3-13,15H,14,16H2,1-2H3. The molecule has 4 rings (SSSR count). The summed E-state index contributed by atoms with van der Waals surface area (Å²) in [4.78, 5) is 41.4. The topological polar surface area (TPSA) is 87.0 Å². The normalized spacial score (nSPS) is 11.4. The first-order valence-corrected chi connectivity index (χ1v) is 11.3. The second-order valence-corrected chi connectivity index (χ2v) is 8.51. The van der Waals surface area contributed by atoms with Crippen molar-refractivity contribution in [1.29, 1.82) is 0 Å². The van der Waals surface area contributed by atoms with E-state index < -0.39 is 17.8 Å². The lowest BCUT2D eigenvalue weighted by Crippen LogP contribution is -2.22. The lowest BCUT2D eigenvalue weighted by Gasteiger charge is -2.05. The summed E-state index contributed by atoms with van der Waals surface area (Å²) in [6.45, 7) is -0.115. The lowest BCUT2D eigenvalue weighted by atomic mass is 10.0. The van der Waals surface area contributed by atoms with Crippen molar-refractivity contribution in [3.05, 3.63) is 99.9 Å². The first-order chi connectivity index (χ1) is 16.5. The van der Waals surface area contributed by atoms with E-state index in [-0.39, 0.29) is 6.54 Å². The number of aromatic nitrogens is 1. The molecule has 0 saturated carbocycles. The quantitative estimate of drug-likeness (QED) is 0.394. The number of benzene rings is 3. The molecular formula is C26H22N2O5S. The number of esters is 2. The largest absolute Gasteiger partial charge is 0.468 e. The van der Waals surface area contributed by atoms with Crippen LogP contribution in [0.1, 0.15) is 31.8 Å². The molecule has 34 heavy (non-hydrogen) atoms. The van der Waals surface area contributed by atoms with Crippen molar-refractivity contribution in [2.24, 2.45) is 4.99 Å². The van der Waals surface area contributed by atoms with Gasteiger partial charge in [0.15, 0.2) is 4.80 Å². The number of hydrogen-bond donors (Lipinski definition) is 0. The predicted molar refractivity (Wildman–Crippen MR) is 129 cm³/mol. The molecule has 172 valence electrons. The minimum Gasteiger partial charge on any atom is -0.468 e. The Bertz CT molecular complexity index is 1420. The van der Waals surface area contributed by atoms with Gasteiger partial charge in [-0.05, 0) is 47.9 Å². The van der Waals surface area contributed by atoms with Gasteiger partial charge in [-0.1, -0.05) is 53.8 Å². The van der Waals surface area contributed by atoms with Crippen LogP contribution in [0.2, 0.25) is 0 Å². The summed E-state index contributed by atoms with van der Waals surface area (Å²) in [5.74, 6) is -1.37. The van der Waals surface area contributed by atoms with E-state index in [1.54, 1.807) is 34.9 Å². The third-order valence-corrected chi connectivity index (χ3v) is 6.31. The number of methoxy groups -OCH3 is 2. The number of rotatable bonds is 6. The second kappa shape index (κ2) is 10.3. The van der Waals surface area contributed by atoms with Gasteiger partial charge in [-0.15, -0.1) is 0 Å². The molecule has 0 fully saturated rings. The van der Waals surface area contributed by atoms with Crippen molar-refractivity contribution >= 4 is 39.4 Å². The van der Waals surface area contributed by atoms with E-state index in [0.717, 1.165) is 12.0 Å². The molecule has 1 amide bonds. The molecule has 0 aliphatic carbocycles. The minimum absolute atomic E-state index is 0.115. The van der Waals surface area contributed by atoms with Crippen molar-refractivity contribution in [2.45, 2.75) is 13.0 Å². The lowest BCUT2D eigenvalue weighted by molar-refractivity contribution is -0.141. The van der Waals surface area contributed by atoms with Crippen LogP contribution in [0.5, 0.6) is 0 Å². The predicted octanol–water partition coefficient (Wildman–Crippen LogP) is 3.99. The summed E-state index contributed by atoms with van der Waals surface area (Å²) in [5.41, 5.74) is 3.74. The SMILES string of the molecule is COC(=O)Cn1c(=NC(=O)c2ccc(Cc3ccccc3)cc2)sc2cc(C(=O)OC)ccc21. The number of amides is 1. The summed E-state index contributed by atoms with van der Waals surface area (Å²) in [6.07, 6.45) is 0.768. The number of carbonyl (C=O) groups excluding carboxylic acids is 3. The molecule has 0 atom stereocenters. The smallest absolute Gasteiger partial charge is 0.337 e. The summed E-state index contributed by atoms with van der Waals surface area (Å²) in [7, 11) is 2.61. The van der Waals surface area contributed by atoms with E-state index in [9.17, 15) is 14.4 Å². The van der Waals surface area contributed by atoms with Crippen molar-refractivity contribution in [2.75, 3.05) is 14.2 Å². The average Bonchev–Trinajstić information content (AvgIpc) is 3.20. The zero-order valence-electron chi connectivity index (χ0n) is 18.7. The van der Waals surface area contributed by atoms with Crippen LogP contribution in [-0.4, -0.2) is 36.6 Å². The Labute approximate surface area is 199 Å². The Morgan fingerprint density at radius 1 is 0.853 bits per heavy atom. The van der Waals surface area contributed by atoms with Crippen molar-refractivity contribution < 1.29 is 23.9 Å². The highest BCUT2D eigenvalue weighted by atomic mass is 32.1. The van der Waals surface area contributed by atoms with Crippen molar-refractivity contribution in [3.63, 3.8) is 0 Å². The first kappa shape index (κ1) is 23.1. The fourth-order valence-electron chi connectivity index (χ4n) is 3.50. The minimum atomic E-state index is -0.476. The monoisotopic (exact) mass is 474 g/mol. The molecule has 0 unspecified atom stereocenters. The molecule has 0 aliphatic heterocycles. The molecule has 0 spiro atoms. The molecule has 0 aliphatic rings. The number of fused-ring (bicyclic) bond motifs is 1. The van der Waals surface area contributed by atoms with Crippen molar-refractivity contribution in [3.8, 4) is 0 Å². The molecule has 1 aromatic heterocycles. The molecule has 4 aromatic rings. The van der Waals surface area contributed by atoms with Crippen LogP contribution in [0.25, 0.3) is 10.2 Å². The van der Waals surface area contributed by atoms with Gasteiger partial charge in [-0.2, -0.15) is 4.99 Å². The Hall–Kier alpha value is -4.04. The Morgan fingerprint density at radius 3 is 2.21 bits per heavy atom. The Balaban J connectivity index is 1.68. The number of thiazole rings is 1. The van der Waals surface area contributed by atoms with Gasteiger partial charge in [0, 0.05) is 5.56 Å². The number of hydrogen-bond acceptors (Lipinski definition) is 6. The zero-order valence-corrected chi connectivity index (χ0v) is 19.5. The van der Waals surface area contributed by atoms with E-state index in [1.165, 1.54) is 31.1 Å². The molecular weight excluding hydrogens is 452 g/mol. The molecule has 1 heterocycles. The van der Waals surface area contributed by atoms with E-state index >= 15 is 0 Å². The van der Waals surface area contributed by atoms with Crippen LogP contribution in [0.4, 0.5) is 0 Å². The molecule has 0 bridgehead atoms. The third-order valence-electron chi connectivity index (χ3n) is 5.27. The number of nitrogens with zero attached hydrogens (tertiary/aromatic N) is 2. The number of ether oxygens (including phenoxy) is 2. The summed E-state index contributed by atoms with van der Waals surface area (Å²) in [6, 6.07) is 22.3. The second-order valence-electron chi connectivity index (χ2n) is 7.50. The fraction of sp³-hybridized carbons (Fsp3) is 0.154. The highest BCUT2D eigenvalue weighted by molar-refractivity contribution is 7.16. The van der Waals surface area contributed by atoms with Gasteiger partial charge in [0.2, 0.25) is 0 Å². The van der Waals surface area contributed by atoms with Crippen molar-refractivity contribution in [1.82, 2.24) is 4.57 Å². The maximum Gasteiger partial charge on any atom is 0.337 e. The van der Waals surface area contributed by atoms with Crippen LogP contribution >= 0.6 is 11.3 Å². The van der Waals surface area contributed by atoms with Crippen LogP contribution in [0.3, 0.4) is 0 Å². The summed E-state index contributed by atoms with van der Waals surface area (Å²) < 4.78 is 11.9. The maximum absolute atomic E-state index is 12.9. The first-order valence-electron chi connectivity index (χ1n) is 10.5. The highest BCUT2D eigenvalue weighted by Crippen LogP contribution is 2.20. The molecule has 0 N–H and O–H groups in total. The molecule has 0 saturated heterocycles. The molecule has 0 radical (unpaired) electrons. The molecule has 7 nitrogen and oxygen atoms in total. The number of carbonyl (C=O) groups is 3. The fourth-order valence-corrected chi connectivity index (χ4v) is 4.56. The summed E-state index contributed by atoms with van der Waals surface area (Å²) >= 11 is 1.21. The Kier molecular flexibility index (Phi) is 6.98. The zero-order chi connectivity index (χ0) is 24.1. The highest BCUT2D eigenvalue weighted by Gasteiger charge is 2.15. The summed E-state index contributed by atoms with van der Waals surface area (Å²) in [5, 5.41) is 0. The van der Waals surface area contributed by atoms with Gasteiger partial charge in [-0.3, -0.25) is 9.59 Å². The third kappa shape index (κ3) is 5.13. The van der Waals surface area contributed by atoms with Gasteiger partial charge in [0.25, 0.3) is 5.91 Å². The Morgan fingerprint density at radius 2 is 1.53 bits per heavy atom. The van der Waals surface area contributed by atoms with Crippen LogP contribution in [0, 0.1) is 0 Å².